The second-order valence-electron chi connectivity index (χ2n) is 6.84. The van der Waals surface area contributed by atoms with E-state index in [2.05, 4.69) is 37.4 Å². The van der Waals surface area contributed by atoms with E-state index in [4.69, 9.17) is 14.7 Å². The third-order valence-electron chi connectivity index (χ3n) is 4.71. The summed E-state index contributed by atoms with van der Waals surface area (Å²) in [6.07, 6.45) is 4.11. The molecule has 1 aromatic carbocycles. The van der Waals surface area contributed by atoms with E-state index in [-0.39, 0.29) is 11.8 Å². The highest BCUT2D eigenvalue weighted by molar-refractivity contribution is 5.71. The van der Waals surface area contributed by atoms with Crippen LogP contribution in [-0.2, 0) is 0 Å². The van der Waals surface area contributed by atoms with Crippen LogP contribution >= 0.6 is 0 Å². The van der Waals surface area contributed by atoms with Gasteiger partial charge in [-0.2, -0.15) is 10.4 Å². The molecule has 0 aliphatic carbocycles. The number of nitrogens with zero attached hydrogens (tertiary/aromatic N) is 5. The molecule has 2 N–H and O–H groups in total. The van der Waals surface area contributed by atoms with E-state index in [9.17, 15) is 0 Å². The zero-order valence-corrected chi connectivity index (χ0v) is 16.2. The van der Waals surface area contributed by atoms with E-state index >= 15 is 0 Å². The lowest BCUT2D eigenvalue weighted by molar-refractivity contribution is 0.207. The van der Waals surface area contributed by atoms with Crippen LogP contribution in [0, 0.1) is 11.3 Å². The Kier molecular flexibility index (Phi) is 5.27. The summed E-state index contributed by atoms with van der Waals surface area (Å²) in [5.74, 6) is 2.56. The average Bonchev–Trinajstić information content (AvgIpc) is 3.37. The standard InChI is InChI=1S/C20H21N7O2/c1-27-6-5-15(12-27)29-14-3-4-16(18(7-14)28-2)17-8-19(26-25-17)24-20-11-22-13(9-21)10-23-20/h3-4,7-8,10-11,15H,5-6,12H2,1-2H3,(H2,23,24,25,26)/t15-/m1/s1. The Labute approximate surface area is 168 Å². The van der Waals surface area contributed by atoms with Crippen molar-refractivity contribution in [3.05, 3.63) is 42.4 Å². The summed E-state index contributed by atoms with van der Waals surface area (Å²) in [6.45, 7) is 1.98. The second kappa shape index (κ2) is 8.16. The first-order valence-electron chi connectivity index (χ1n) is 9.23. The molecule has 0 unspecified atom stereocenters. The quantitative estimate of drug-likeness (QED) is 0.659. The van der Waals surface area contributed by atoms with Crippen LogP contribution in [0.15, 0.2) is 36.7 Å². The van der Waals surface area contributed by atoms with Crippen LogP contribution in [0.3, 0.4) is 0 Å². The molecule has 29 heavy (non-hydrogen) atoms. The van der Waals surface area contributed by atoms with Crippen LogP contribution in [0.2, 0.25) is 0 Å². The lowest BCUT2D eigenvalue weighted by atomic mass is 10.1. The molecule has 0 saturated carbocycles. The van der Waals surface area contributed by atoms with Gasteiger partial charge in [0.2, 0.25) is 0 Å². The number of aromatic amines is 1. The highest BCUT2D eigenvalue weighted by Crippen LogP contribution is 2.34. The zero-order valence-electron chi connectivity index (χ0n) is 16.2. The molecule has 1 aliphatic rings. The van der Waals surface area contributed by atoms with Gasteiger partial charge in [0.1, 0.15) is 29.5 Å². The largest absolute Gasteiger partial charge is 0.496 e. The molecule has 3 heterocycles. The van der Waals surface area contributed by atoms with Crippen molar-refractivity contribution < 1.29 is 9.47 Å². The lowest BCUT2D eigenvalue weighted by Gasteiger charge is -2.15. The Morgan fingerprint density at radius 3 is 2.83 bits per heavy atom. The first-order valence-corrected chi connectivity index (χ1v) is 9.23. The number of likely N-dealkylation sites (tertiary alicyclic amines) is 1. The fourth-order valence-electron chi connectivity index (χ4n) is 3.26. The van der Waals surface area contributed by atoms with Gasteiger partial charge < -0.3 is 19.7 Å². The first-order chi connectivity index (χ1) is 14.1. The maximum atomic E-state index is 8.79. The number of anilines is 2. The minimum Gasteiger partial charge on any atom is -0.496 e. The summed E-state index contributed by atoms with van der Waals surface area (Å²) >= 11 is 0. The van der Waals surface area contributed by atoms with E-state index in [1.54, 1.807) is 7.11 Å². The normalized spacial score (nSPS) is 16.4. The molecule has 3 aromatic rings. The van der Waals surface area contributed by atoms with Crippen LogP contribution in [0.25, 0.3) is 11.3 Å². The summed E-state index contributed by atoms with van der Waals surface area (Å²) in [4.78, 5) is 10.4. The number of nitrogens with one attached hydrogen (secondary N) is 2. The summed E-state index contributed by atoms with van der Waals surface area (Å²) in [6, 6.07) is 9.57. The van der Waals surface area contributed by atoms with Gasteiger partial charge in [0, 0.05) is 30.8 Å². The third kappa shape index (κ3) is 4.28. The molecular weight excluding hydrogens is 370 g/mol. The van der Waals surface area contributed by atoms with Gasteiger partial charge in [-0.3, -0.25) is 5.10 Å². The molecule has 9 heteroatoms. The molecule has 0 radical (unpaired) electrons. The van der Waals surface area contributed by atoms with Crippen molar-refractivity contribution in [1.82, 2.24) is 25.1 Å². The van der Waals surface area contributed by atoms with Crippen molar-refractivity contribution in [1.29, 1.82) is 5.26 Å². The molecule has 0 bridgehead atoms. The average molecular weight is 391 g/mol. The van der Waals surface area contributed by atoms with Gasteiger partial charge >= 0.3 is 0 Å². The Hall–Kier alpha value is -3.64. The maximum Gasteiger partial charge on any atom is 0.158 e. The number of ether oxygens (including phenoxy) is 2. The smallest absolute Gasteiger partial charge is 0.158 e. The fourth-order valence-corrected chi connectivity index (χ4v) is 3.26. The first kappa shape index (κ1) is 18.7. The summed E-state index contributed by atoms with van der Waals surface area (Å²) in [7, 11) is 3.73. The SMILES string of the molecule is COc1cc(O[C@@H]2CCN(C)C2)ccc1-c1cc(Nc2cnc(C#N)cn2)n[nH]1. The number of H-pyrrole nitrogens is 1. The molecule has 0 spiro atoms. The molecule has 4 rings (SSSR count). The van der Waals surface area contributed by atoms with Gasteiger partial charge in [-0.1, -0.05) is 0 Å². The number of aromatic nitrogens is 4. The number of hydrogen-bond acceptors (Lipinski definition) is 8. The van der Waals surface area contributed by atoms with Gasteiger partial charge in [-0.15, -0.1) is 0 Å². The second-order valence-corrected chi connectivity index (χ2v) is 6.84. The predicted molar refractivity (Wildman–Crippen MR) is 107 cm³/mol. The van der Waals surface area contributed by atoms with Crippen molar-refractivity contribution in [3.63, 3.8) is 0 Å². The van der Waals surface area contributed by atoms with E-state index in [0.29, 0.717) is 17.4 Å². The number of nitriles is 1. The van der Waals surface area contributed by atoms with Crippen molar-refractivity contribution in [3.8, 4) is 28.8 Å². The topological polar surface area (TPSA) is 112 Å². The van der Waals surface area contributed by atoms with Gasteiger partial charge in [0.25, 0.3) is 0 Å². The molecule has 1 aliphatic heterocycles. The van der Waals surface area contributed by atoms with Crippen molar-refractivity contribution in [2.75, 3.05) is 32.6 Å². The van der Waals surface area contributed by atoms with E-state index < -0.39 is 0 Å². The summed E-state index contributed by atoms with van der Waals surface area (Å²) in [5.41, 5.74) is 1.92. The van der Waals surface area contributed by atoms with E-state index in [0.717, 1.165) is 36.5 Å². The number of hydrogen-bond donors (Lipinski definition) is 2. The van der Waals surface area contributed by atoms with Crippen molar-refractivity contribution in [2.45, 2.75) is 12.5 Å². The molecule has 1 saturated heterocycles. The molecule has 1 atom stereocenters. The highest BCUT2D eigenvalue weighted by atomic mass is 16.5. The molecular formula is C20H21N7O2. The highest BCUT2D eigenvalue weighted by Gasteiger charge is 2.21. The third-order valence-corrected chi connectivity index (χ3v) is 4.71. The molecule has 9 nitrogen and oxygen atoms in total. The van der Waals surface area contributed by atoms with Crippen LogP contribution in [0.5, 0.6) is 11.5 Å². The van der Waals surface area contributed by atoms with Gasteiger partial charge in [0.15, 0.2) is 11.5 Å². The van der Waals surface area contributed by atoms with E-state index in [1.165, 1.54) is 12.4 Å². The van der Waals surface area contributed by atoms with Gasteiger partial charge in [-0.05, 0) is 25.6 Å². The number of benzene rings is 1. The van der Waals surface area contributed by atoms with Crippen LogP contribution in [-0.4, -0.2) is 58.4 Å². The molecule has 2 aromatic heterocycles. The molecule has 148 valence electrons. The summed E-state index contributed by atoms with van der Waals surface area (Å²) in [5, 5.41) is 19.1. The van der Waals surface area contributed by atoms with Crippen molar-refractivity contribution in [2.24, 2.45) is 0 Å². The number of rotatable bonds is 6. The molecule has 0 amide bonds. The number of likely N-dealkylation sites (N-methyl/N-ethyl adjacent to an activating group) is 1. The van der Waals surface area contributed by atoms with Gasteiger partial charge in [-0.25, -0.2) is 9.97 Å². The minimum absolute atomic E-state index is 0.201. The Morgan fingerprint density at radius 2 is 2.14 bits per heavy atom. The van der Waals surface area contributed by atoms with Gasteiger partial charge in [0.05, 0.1) is 25.2 Å². The lowest BCUT2D eigenvalue weighted by Crippen LogP contribution is -2.21. The van der Waals surface area contributed by atoms with Crippen molar-refractivity contribution >= 4 is 11.6 Å². The van der Waals surface area contributed by atoms with Crippen LogP contribution in [0.1, 0.15) is 12.1 Å². The zero-order chi connectivity index (χ0) is 20.2. The monoisotopic (exact) mass is 391 g/mol. The minimum atomic E-state index is 0.201. The summed E-state index contributed by atoms with van der Waals surface area (Å²) < 4.78 is 11.7. The Balaban J connectivity index is 1.49. The van der Waals surface area contributed by atoms with E-state index in [1.807, 2.05) is 30.3 Å². The maximum absolute atomic E-state index is 8.79. The Bertz CT molecular complexity index is 1030. The predicted octanol–water partition coefficient (Wildman–Crippen LogP) is 2.57. The Morgan fingerprint density at radius 1 is 1.24 bits per heavy atom. The number of methoxy groups -OCH3 is 1. The molecule has 1 fully saturated rings. The fraction of sp³-hybridized carbons (Fsp3) is 0.300. The van der Waals surface area contributed by atoms with Crippen LogP contribution < -0.4 is 14.8 Å². The van der Waals surface area contributed by atoms with Crippen LogP contribution in [0.4, 0.5) is 11.6 Å².